The van der Waals surface area contributed by atoms with Gasteiger partial charge in [-0.2, -0.15) is 0 Å². The normalized spacial score (nSPS) is 18.0. The lowest BCUT2D eigenvalue weighted by atomic mass is 9.86. The maximum Gasteiger partial charge on any atom is 0.228 e. The largest absolute Gasteiger partial charge is 0.353 e. The SMILES string of the molecule is CC(C)[C@H](C(=O)NC1CCCCC1)c1ccc(Cl)cc1. The zero-order valence-electron chi connectivity index (χ0n) is 12.4. The molecule has 3 heteroatoms. The molecule has 0 aromatic heterocycles. The van der Waals surface area contributed by atoms with Gasteiger partial charge in [-0.1, -0.05) is 56.8 Å². The van der Waals surface area contributed by atoms with Gasteiger partial charge in [-0.15, -0.1) is 0 Å². The number of carbonyl (C=O) groups is 1. The Hall–Kier alpha value is -1.02. The van der Waals surface area contributed by atoms with E-state index >= 15 is 0 Å². The summed E-state index contributed by atoms with van der Waals surface area (Å²) >= 11 is 5.93. The highest BCUT2D eigenvalue weighted by atomic mass is 35.5. The van der Waals surface area contributed by atoms with Crippen LogP contribution in [0.5, 0.6) is 0 Å². The summed E-state index contributed by atoms with van der Waals surface area (Å²) in [7, 11) is 0. The van der Waals surface area contributed by atoms with Crippen LogP contribution in [-0.2, 0) is 4.79 Å². The molecule has 0 spiro atoms. The van der Waals surface area contributed by atoms with Crippen molar-refractivity contribution in [2.24, 2.45) is 5.92 Å². The minimum Gasteiger partial charge on any atom is -0.353 e. The molecule has 1 amide bonds. The van der Waals surface area contributed by atoms with Crippen molar-refractivity contribution in [3.8, 4) is 0 Å². The zero-order chi connectivity index (χ0) is 14.5. The molecule has 0 saturated heterocycles. The number of nitrogens with one attached hydrogen (secondary N) is 1. The standard InChI is InChI=1S/C17H24ClNO/c1-12(2)16(13-8-10-14(18)11-9-13)17(20)19-15-6-4-3-5-7-15/h8-12,15-16H,3-7H2,1-2H3,(H,19,20)/t16-/m0/s1. The van der Waals surface area contributed by atoms with E-state index in [2.05, 4.69) is 19.2 Å². The van der Waals surface area contributed by atoms with Crippen LogP contribution < -0.4 is 5.32 Å². The maximum absolute atomic E-state index is 12.6. The van der Waals surface area contributed by atoms with Crippen LogP contribution in [0.15, 0.2) is 24.3 Å². The average Bonchev–Trinajstić information content (AvgIpc) is 2.42. The first kappa shape index (κ1) is 15.4. The van der Waals surface area contributed by atoms with Gasteiger partial charge in [0, 0.05) is 11.1 Å². The number of benzene rings is 1. The highest BCUT2D eigenvalue weighted by Crippen LogP contribution is 2.27. The van der Waals surface area contributed by atoms with Gasteiger partial charge in [0.2, 0.25) is 5.91 Å². The van der Waals surface area contributed by atoms with Crippen LogP contribution >= 0.6 is 11.6 Å². The van der Waals surface area contributed by atoms with E-state index in [9.17, 15) is 4.79 Å². The minimum absolute atomic E-state index is 0.0887. The molecule has 1 N–H and O–H groups in total. The molecule has 0 heterocycles. The fourth-order valence-corrected chi connectivity index (χ4v) is 3.17. The fourth-order valence-electron chi connectivity index (χ4n) is 3.05. The lowest BCUT2D eigenvalue weighted by Crippen LogP contribution is -2.40. The highest BCUT2D eigenvalue weighted by Gasteiger charge is 2.26. The second-order valence-electron chi connectivity index (χ2n) is 6.12. The lowest BCUT2D eigenvalue weighted by molar-refractivity contribution is -0.124. The summed E-state index contributed by atoms with van der Waals surface area (Å²) in [4.78, 5) is 12.6. The first-order chi connectivity index (χ1) is 9.58. The van der Waals surface area contributed by atoms with Crippen molar-refractivity contribution in [1.82, 2.24) is 5.32 Å². The van der Waals surface area contributed by atoms with Crippen LogP contribution in [0.2, 0.25) is 5.02 Å². The van der Waals surface area contributed by atoms with Crippen molar-refractivity contribution >= 4 is 17.5 Å². The molecule has 20 heavy (non-hydrogen) atoms. The zero-order valence-corrected chi connectivity index (χ0v) is 13.1. The van der Waals surface area contributed by atoms with Gasteiger partial charge >= 0.3 is 0 Å². The van der Waals surface area contributed by atoms with Gasteiger partial charge in [0.15, 0.2) is 0 Å². The van der Waals surface area contributed by atoms with Gasteiger partial charge in [0.1, 0.15) is 0 Å². The first-order valence-electron chi connectivity index (χ1n) is 7.64. The molecule has 0 unspecified atom stereocenters. The van der Waals surface area contributed by atoms with E-state index in [0.717, 1.165) is 18.4 Å². The third-order valence-corrected chi connectivity index (χ3v) is 4.38. The Kier molecular flexibility index (Phi) is 5.47. The highest BCUT2D eigenvalue weighted by molar-refractivity contribution is 6.30. The summed E-state index contributed by atoms with van der Waals surface area (Å²) in [5.74, 6) is 0.350. The van der Waals surface area contributed by atoms with Gasteiger partial charge in [-0.3, -0.25) is 4.79 Å². The summed E-state index contributed by atoms with van der Waals surface area (Å²) in [6, 6.07) is 8.02. The summed E-state index contributed by atoms with van der Waals surface area (Å²) < 4.78 is 0. The first-order valence-corrected chi connectivity index (χ1v) is 8.01. The predicted molar refractivity (Wildman–Crippen MR) is 84.0 cm³/mol. The van der Waals surface area contributed by atoms with Crippen LogP contribution in [-0.4, -0.2) is 11.9 Å². The van der Waals surface area contributed by atoms with E-state index in [4.69, 9.17) is 11.6 Å². The number of hydrogen-bond donors (Lipinski definition) is 1. The van der Waals surface area contributed by atoms with Crippen molar-refractivity contribution in [2.75, 3.05) is 0 Å². The predicted octanol–water partition coefficient (Wildman–Crippen LogP) is 4.53. The molecule has 0 bridgehead atoms. The number of hydrogen-bond acceptors (Lipinski definition) is 1. The molecular formula is C17H24ClNO. The number of carbonyl (C=O) groups excluding carboxylic acids is 1. The Morgan fingerprint density at radius 3 is 2.30 bits per heavy atom. The van der Waals surface area contributed by atoms with Crippen LogP contribution in [0.25, 0.3) is 0 Å². The molecule has 1 aromatic carbocycles. The van der Waals surface area contributed by atoms with Crippen molar-refractivity contribution in [3.63, 3.8) is 0 Å². The molecular weight excluding hydrogens is 270 g/mol. The van der Waals surface area contributed by atoms with E-state index in [0.29, 0.717) is 11.1 Å². The summed E-state index contributed by atoms with van der Waals surface area (Å²) in [5, 5.41) is 3.95. The Balaban J connectivity index is 2.07. The van der Waals surface area contributed by atoms with Crippen molar-refractivity contribution in [3.05, 3.63) is 34.9 Å². The summed E-state index contributed by atoms with van der Waals surface area (Å²) in [6.45, 7) is 4.19. The quantitative estimate of drug-likeness (QED) is 0.868. The van der Waals surface area contributed by atoms with Crippen molar-refractivity contribution in [2.45, 2.75) is 57.9 Å². The minimum atomic E-state index is -0.0887. The van der Waals surface area contributed by atoms with Crippen LogP contribution in [0.4, 0.5) is 0 Å². The third kappa shape index (κ3) is 3.99. The number of halogens is 1. The Morgan fingerprint density at radius 2 is 1.75 bits per heavy atom. The van der Waals surface area contributed by atoms with Gasteiger partial charge in [0.05, 0.1) is 5.92 Å². The van der Waals surface area contributed by atoms with E-state index < -0.39 is 0 Å². The van der Waals surface area contributed by atoms with Gasteiger partial charge in [-0.25, -0.2) is 0 Å². The summed E-state index contributed by atoms with van der Waals surface area (Å²) in [5.41, 5.74) is 1.05. The Morgan fingerprint density at radius 1 is 1.15 bits per heavy atom. The third-order valence-electron chi connectivity index (χ3n) is 4.13. The molecule has 1 aliphatic carbocycles. The molecule has 1 atom stereocenters. The number of rotatable bonds is 4. The van der Waals surface area contributed by atoms with E-state index in [1.54, 1.807) is 0 Å². The molecule has 1 fully saturated rings. The Bertz CT molecular complexity index is 435. The van der Waals surface area contributed by atoms with Gasteiger partial charge in [-0.05, 0) is 36.5 Å². The van der Waals surface area contributed by atoms with Gasteiger partial charge < -0.3 is 5.32 Å². The summed E-state index contributed by atoms with van der Waals surface area (Å²) in [6.07, 6.45) is 6.02. The molecule has 0 aliphatic heterocycles. The lowest BCUT2D eigenvalue weighted by Gasteiger charge is -2.27. The molecule has 2 rings (SSSR count). The molecule has 0 radical (unpaired) electrons. The molecule has 1 aromatic rings. The van der Waals surface area contributed by atoms with E-state index in [1.807, 2.05) is 24.3 Å². The van der Waals surface area contributed by atoms with E-state index in [-0.39, 0.29) is 17.7 Å². The second-order valence-corrected chi connectivity index (χ2v) is 6.55. The van der Waals surface area contributed by atoms with Crippen molar-refractivity contribution in [1.29, 1.82) is 0 Å². The van der Waals surface area contributed by atoms with Crippen LogP contribution in [0, 0.1) is 5.92 Å². The molecule has 1 saturated carbocycles. The van der Waals surface area contributed by atoms with Crippen LogP contribution in [0.1, 0.15) is 57.4 Å². The fraction of sp³-hybridized carbons (Fsp3) is 0.588. The van der Waals surface area contributed by atoms with Gasteiger partial charge in [0.25, 0.3) is 0 Å². The molecule has 2 nitrogen and oxygen atoms in total. The molecule has 110 valence electrons. The Labute approximate surface area is 126 Å². The average molecular weight is 294 g/mol. The second kappa shape index (κ2) is 7.12. The topological polar surface area (TPSA) is 29.1 Å². The molecule has 1 aliphatic rings. The maximum atomic E-state index is 12.6. The number of amides is 1. The van der Waals surface area contributed by atoms with Crippen LogP contribution in [0.3, 0.4) is 0 Å². The monoisotopic (exact) mass is 293 g/mol. The van der Waals surface area contributed by atoms with Crippen molar-refractivity contribution < 1.29 is 4.79 Å². The smallest absolute Gasteiger partial charge is 0.228 e. The van der Waals surface area contributed by atoms with E-state index in [1.165, 1.54) is 19.3 Å².